The standard InChI is InChI=1S/C7H11NO4/c8-7(11)6(10)5(9)4-2-1-3-12-4/h4-5,9H,1-3H2,(H2,8,11). The van der Waals surface area contributed by atoms with E-state index in [2.05, 4.69) is 0 Å². The first-order chi connectivity index (χ1) is 5.63. The number of hydrogen-bond acceptors (Lipinski definition) is 4. The van der Waals surface area contributed by atoms with Gasteiger partial charge >= 0.3 is 0 Å². The van der Waals surface area contributed by atoms with Crippen molar-refractivity contribution in [2.24, 2.45) is 5.73 Å². The summed E-state index contributed by atoms with van der Waals surface area (Å²) < 4.78 is 5.01. The summed E-state index contributed by atoms with van der Waals surface area (Å²) in [6.07, 6.45) is -0.538. The van der Waals surface area contributed by atoms with Crippen LogP contribution >= 0.6 is 0 Å². The predicted molar refractivity (Wildman–Crippen MR) is 39.2 cm³/mol. The smallest absolute Gasteiger partial charge is 0.287 e. The molecule has 0 aromatic rings. The van der Waals surface area contributed by atoms with E-state index in [1.54, 1.807) is 0 Å². The van der Waals surface area contributed by atoms with Crippen LogP contribution < -0.4 is 5.73 Å². The number of amides is 1. The summed E-state index contributed by atoms with van der Waals surface area (Å²) in [5.74, 6) is -2.08. The molecule has 1 aliphatic heterocycles. The van der Waals surface area contributed by atoms with Gasteiger partial charge in [0.25, 0.3) is 11.7 Å². The highest BCUT2D eigenvalue weighted by molar-refractivity contribution is 6.37. The second kappa shape index (κ2) is 3.64. The zero-order valence-corrected chi connectivity index (χ0v) is 6.53. The summed E-state index contributed by atoms with van der Waals surface area (Å²) in [5, 5.41) is 9.21. The average molecular weight is 173 g/mol. The van der Waals surface area contributed by atoms with E-state index in [0.717, 1.165) is 6.42 Å². The highest BCUT2D eigenvalue weighted by Crippen LogP contribution is 2.15. The monoisotopic (exact) mass is 173 g/mol. The molecule has 0 spiro atoms. The number of aliphatic hydroxyl groups excluding tert-OH is 1. The summed E-state index contributed by atoms with van der Waals surface area (Å²) in [6.45, 7) is 0.522. The second-order valence-electron chi connectivity index (χ2n) is 2.72. The summed E-state index contributed by atoms with van der Waals surface area (Å²) in [5.41, 5.74) is 4.70. The van der Waals surface area contributed by atoms with Crippen molar-refractivity contribution in [1.82, 2.24) is 0 Å². The van der Waals surface area contributed by atoms with Crippen molar-refractivity contribution in [1.29, 1.82) is 0 Å². The average Bonchev–Trinajstić information content (AvgIpc) is 2.53. The minimum atomic E-state index is -1.38. The lowest BCUT2D eigenvalue weighted by atomic mass is 10.1. The third-order valence-corrected chi connectivity index (χ3v) is 1.83. The summed E-state index contributed by atoms with van der Waals surface area (Å²) in [6, 6.07) is 0. The van der Waals surface area contributed by atoms with E-state index in [1.807, 2.05) is 0 Å². The molecule has 68 valence electrons. The van der Waals surface area contributed by atoms with Crippen molar-refractivity contribution in [2.75, 3.05) is 6.61 Å². The second-order valence-corrected chi connectivity index (χ2v) is 2.72. The van der Waals surface area contributed by atoms with Crippen molar-refractivity contribution in [3.05, 3.63) is 0 Å². The number of primary amides is 1. The highest BCUT2D eigenvalue weighted by Gasteiger charge is 2.32. The van der Waals surface area contributed by atoms with Gasteiger partial charge in [0, 0.05) is 6.61 Å². The summed E-state index contributed by atoms with van der Waals surface area (Å²) >= 11 is 0. The molecule has 3 N–H and O–H groups in total. The molecular formula is C7H11NO4. The first-order valence-electron chi connectivity index (χ1n) is 3.76. The van der Waals surface area contributed by atoms with Crippen LogP contribution in [0, 0.1) is 0 Å². The Labute approximate surface area is 69.5 Å². The van der Waals surface area contributed by atoms with Crippen LogP contribution in [-0.2, 0) is 14.3 Å². The Morgan fingerprint density at radius 1 is 1.58 bits per heavy atom. The first-order valence-corrected chi connectivity index (χ1v) is 3.76. The van der Waals surface area contributed by atoms with Gasteiger partial charge < -0.3 is 15.6 Å². The SMILES string of the molecule is NC(=O)C(=O)C(O)C1CCCO1. The fourth-order valence-electron chi connectivity index (χ4n) is 1.17. The molecule has 0 aromatic carbocycles. The number of ketones is 1. The van der Waals surface area contributed by atoms with E-state index in [1.165, 1.54) is 0 Å². The largest absolute Gasteiger partial charge is 0.382 e. The Morgan fingerprint density at radius 3 is 2.67 bits per heavy atom. The van der Waals surface area contributed by atoms with Crippen molar-refractivity contribution in [3.8, 4) is 0 Å². The third kappa shape index (κ3) is 1.80. The van der Waals surface area contributed by atoms with Crippen LogP contribution in [0.15, 0.2) is 0 Å². The normalized spacial score (nSPS) is 25.2. The molecule has 0 saturated carbocycles. The van der Waals surface area contributed by atoms with Crippen LogP contribution in [0.4, 0.5) is 0 Å². The molecule has 1 amide bonds. The van der Waals surface area contributed by atoms with Crippen LogP contribution in [0.25, 0.3) is 0 Å². The number of aliphatic hydroxyl groups is 1. The van der Waals surface area contributed by atoms with Gasteiger partial charge in [-0.2, -0.15) is 0 Å². The molecule has 12 heavy (non-hydrogen) atoms. The van der Waals surface area contributed by atoms with E-state index in [4.69, 9.17) is 10.5 Å². The maximum atomic E-state index is 10.8. The maximum absolute atomic E-state index is 10.8. The molecule has 2 atom stereocenters. The minimum Gasteiger partial charge on any atom is -0.382 e. The van der Waals surface area contributed by atoms with Crippen molar-refractivity contribution < 1.29 is 19.4 Å². The van der Waals surface area contributed by atoms with Crippen LogP contribution in [0.3, 0.4) is 0 Å². The lowest BCUT2D eigenvalue weighted by Crippen LogP contribution is -2.41. The zero-order chi connectivity index (χ0) is 9.14. The molecule has 1 saturated heterocycles. The molecular weight excluding hydrogens is 162 g/mol. The quantitative estimate of drug-likeness (QED) is 0.512. The van der Waals surface area contributed by atoms with Gasteiger partial charge in [0.1, 0.15) is 6.10 Å². The van der Waals surface area contributed by atoms with Crippen molar-refractivity contribution >= 4 is 11.7 Å². The van der Waals surface area contributed by atoms with Crippen molar-refractivity contribution in [2.45, 2.75) is 25.0 Å². The number of nitrogens with two attached hydrogens (primary N) is 1. The van der Waals surface area contributed by atoms with E-state index in [9.17, 15) is 14.7 Å². The van der Waals surface area contributed by atoms with Gasteiger partial charge in [0.2, 0.25) is 0 Å². The maximum Gasteiger partial charge on any atom is 0.287 e. The molecule has 2 unspecified atom stereocenters. The summed E-state index contributed by atoms with van der Waals surface area (Å²) in [4.78, 5) is 21.2. The highest BCUT2D eigenvalue weighted by atomic mass is 16.5. The topological polar surface area (TPSA) is 89.6 Å². The van der Waals surface area contributed by atoms with Crippen LogP contribution in [0.2, 0.25) is 0 Å². The number of Topliss-reactive ketones (excluding diaryl/α,β-unsaturated/α-hetero) is 1. The Bertz CT molecular complexity index is 198. The number of rotatable bonds is 3. The minimum absolute atomic E-state index is 0.522. The molecule has 1 heterocycles. The van der Waals surface area contributed by atoms with Gasteiger partial charge in [0.15, 0.2) is 0 Å². The number of carbonyl (C=O) groups excluding carboxylic acids is 2. The van der Waals surface area contributed by atoms with E-state index >= 15 is 0 Å². The Balaban J connectivity index is 2.51. The van der Waals surface area contributed by atoms with E-state index in [-0.39, 0.29) is 0 Å². The van der Waals surface area contributed by atoms with Gasteiger partial charge in [0.05, 0.1) is 6.10 Å². The van der Waals surface area contributed by atoms with Gasteiger partial charge in [-0.25, -0.2) is 0 Å². The lowest BCUT2D eigenvalue weighted by molar-refractivity contribution is -0.145. The molecule has 5 heteroatoms. The number of hydrogen-bond donors (Lipinski definition) is 2. The Hall–Kier alpha value is -0.940. The molecule has 1 aliphatic rings. The molecule has 5 nitrogen and oxygen atoms in total. The molecule has 1 rings (SSSR count). The third-order valence-electron chi connectivity index (χ3n) is 1.83. The molecule has 0 aromatic heterocycles. The van der Waals surface area contributed by atoms with Crippen LogP contribution in [0.1, 0.15) is 12.8 Å². The molecule has 0 bridgehead atoms. The predicted octanol–water partition coefficient (Wildman–Crippen LogP) is -1.42. The Kier molecular flexibility index (Phi) is 2.78. The fraction of sp³-hybridized carbons (Fsp3) is 0.714. The van der Waals surface area contributed by atoms with Crippen LogP contribution in [0.5, 0.6) is 0 Å². The number of ether oxygens (including phenoxy) is 1. The van der Waals surface area contributed by atoms with Gasteiger partial charge in [-0.3, -0.25) is 9.59 Å². The van der Waals surface area contributed by atoms with Crippen molar-refractivity contribution in [3.63, 3.8) is 0 Å². The van der Waals surface area contributed by atoms with Crippen LogP contribution in [-0.4, -0.2) is 35.6 Å². The zero-order valence-electron chi connectivity index (χ0n) is 6.53. The van der Waals surface area contributed by atoms with Gasteiger partial charge in [-0.05, 0) is 12.8 Å². The van der Waals surface area contributed by atoms with E-state index in [0.29, 0.717) is 13.0 Å². The lowest BCUT2D eigenvalue weighted by Gasteiger charge is -2.13. The van der Waals surface area contributed by atoms with Gasteiger partial charge in [-0.1, -0.05) is 0 Å². The fourth-order valence-corrected chi connectivity index (χ4v) is 1.17. The molecule has 0 radical (unpaired) electrons. The van der Waals surface area contributed by atoms with Gasteiger partial charge in [-0.15, -0.1) is 0 Å². The summed E-state index contributed by atoms with van der Waals surface area (Å²) in [7, 11) is 0. The molecule has 0 aliphatic carbocycles. The molecule has 1 fully saturated rings. The first kappa shape index (κ1) is 9.15. The Morgan fingerprint density at radius 2 is 2.25 bits per heavy atom. The van der Waals surface area contributed by atoms with E-state index < -0.39 is 23.9 Å². The number of carbonyl (C=O) groups is 2.